The average molecular weight is 274 g/mol. The third kappa shape index (κ3) is 3.73. The van der Waals surface area contributed by atoms with E-state index < -0.39 is 0 Å². The Morgan fingerprint density at radius 2 is 2.10 bits per heavy atom. The lowest BCUT2D eigenvalue weighted by Gasteiger charge is -2.23. The Morgan fingerprint density at radius 3 is 2.75 bits per heavy atom. The number of nitrogens with one attached hydrogen (secondary N) is 1. The SMILES string of the molecule is O=C(CNCC1CC1)N(Cc1cccc(O)c1)C1CC1. The van der Waals surface area contributed by atoms with E-state index in [2.05, 4.69) is 5.32 Å². The number of rotatable bonds is 7. The minimum Gasteiger partial charge on any atom is -0.508 e. The van der Waals surface area contributed by atoms with E-state index in [-0.39, 0.29) is 11.7 Å². The molecule has 0 spiro atoms. The van der Waals surface area contributed by atoms with Crippen LogP contribution in [-0.4, -0.2) is 35.0 Å². The number of phenols is 1. The first-order valence-electron chi connectivity index (χ1n) is 7.50. The van der Waals surface area contributed by atoms with Crippen LogP contribution in [-0.2, 0) is 11.3 Å². The Hall–Kier alpha value is -1.55. The van der Waals surface area contributed by atoms with Gasteiger partial charge in [-0.25, -0.2) is 0 Å². The maximum absolute atomic E-state index is 12.3. The highest BCUT2D eigenvalue weighted by Crippen LogP contribution is 2.29. The smallest absolute Gasteiger partial charge is 0.237 e. The molecule has 1 aromatic carbocycles. The van der Waals surface area contributed by atoms with Crippen molar-refractivity contribution in [1.82, 2.24) is 10.2 Å². The van der Waals surface area contributed by atoms with Crippen molar-refractivity contribution in [2.24, 2.45) is 5.92 Å². The molecule has 2 fully saturated rings. The maximum Gasteiger partial charge on any atom is 0.237 e. The summed E-state index contributed by atoms with van der Waals surface area (Å²) in [4.78, 5) is 14.3. The van der Waals surface area contributed by atoms with E-state index in [4.69, 9.17) is 0 Å². The van der Waals surface area contributed by atoms with Gasteiger partial charge in [0, 0.05) is 12.6 Å². The largest absolute Gasteiger partial charge is 0.508 e. The lowest BCUT2D eigenvalue weighted by Crippen LogP contribution is -2.39. The zero-order chi connectivity index (χ0) is 13.9. The molecule has 2 N–H and O–H groups in total. The summed E-state index contributed by atoms with van der Waals surface area (Å²) < 4.78 is 0. The monoisotopic (exact) mass is 274 g/mol. The van der Waals surface area contributed by atoms with Gasteiger partial charge in [-0.2, -0.15) is 0 Å². The lowest BCUT2D eigenvalue weighted by molar-refractivity contribution is -0.131. The number of nitrogens with zero attached hydrogens (tertiary/aromatic N) is 1. The minimum absolute atomic E-state index is 0.177. The Bertz CT molecular complexity index is 481. The van der Waals surface area contributed by atoms with Gasteiger partial charge in [0.2, 0.25) is 5.91 Å². The molecule has 1 amide bonds. The molecule has 0 radical (unpaired) electrons. The predicted molar refractivity (Wildman–Crippen MR) is 77.3 cm³/mol. The van der Waals surface area contributed by atoms with Gasteiger partial charge in [-0.1, -0.05) is 12.1 Å². The summed E-state index contributed by atoms with van der Waals surface area (Å²) in [5.74, 6) is 1.23. The molecule has 0 atom stereocenters. The molecule has 3 rings (SSSR count). The van der Waals surface area contributed by atoms with Gasteiger partial charge in [-0.15, -0.1) is 0 Å². The molecule has 4 nitrogen and oxygen atoms in total. The fourth-order valence-corrected chi connectivity index (χ4v) is 2.47. The van der Waals surface area contributed by atoms with Gasteiger partial charge in [-0.05, 0) is 55.8 Å². The summed E-state index contributed by atoms with van der Waals surface area (Å²) in [6.07, 6.45) is 4.81. The summed E-state index contributed by atoms with van der Waals surface area (Å²) in [5.41, 5.74) is 0.993. The van der Waals surface area contributed by atoms with Crippen LogP contribution in [0.4, 0.5) is 0 Å². The number of hydrogen-bond acceptors (Lipinski definition) is 3. The van der Waals surface area contributed by atoms with E-state index in [0.717, 1.165) is 30.9 Å². The second-order valence-electron chi connectivity index (χ2n) is 6.00. The first kappa shape index (κ1) is 13.4. The zero-order valence-electron chi connectivity index (χ0n) is 11.7. The maximum atomic E-state index is 12.3. The number of hydrogen-bond donors (Lipinski definition) is 2. The van der Waals surface area contributed by atoms with Crippen molar-refractivity contribution in [2.75, 3.05) is 13.1 Å². The molecule has 2 aliphatic carbocycles. The van der Waals surface area contributed by atoms with Crippen molar-refractivity contribution in [3.05, 3.63) is 29.8 Å². The highest BCUT2D eigenvalue weighted by Gasteiger charge is 2.32. The molecule has 0 aliphatic heterocycles. The van der Waals surface area contributed by atoms with Crippen LogP contribution in [0, 0.1) is 5.92 Å². The minimum atomic E-state index is 0.177. The number of carbonyl (C=O) groups excluding carboxylic acids is 1. The van der Waals surface area contributed by atoms with Gasteiger partial charge in [0.05, 0.1) is 6.54 Å². The van der Waals surface area contributed by atoms with E-state index in [0.29, 0.717) is 19.1 Å². The first-order valence-corrected chi connectivity index (χ1v) is 7.50. The van der Waals surface area contributed by atoms with Gasteiger partial charge in [0.15, 0.2) is 0 Å². The first-order chi connectivity index (χ1) is 9.72. The molecule has 1 aromatic rings. The van der Waals surface area contributed by atoms with Gasteiger partial charge < -0.3 is 15.3 Å². The fourth-order valence-electron chi connectivity index (χ4n) is 2.47. The number of carbonyl (C=O) groups is 1. The molecule has 20 heavy (non-hydrogen) atoms. The molecule has 0 unspecified atom stereocenters. The van der Waals surface area contributed by atoms with E-state index in [1.165, 1.54) is 12.8 Å². The van der Waals surface area contributed by atoms with Gasteiger partial charge in [-0.3, -0.25) is 4.79 Å². The normalized spacial score (nSPS) is 18.0. The fraction of sp³-hybridized carbons (Fsp3) is 0.562. The van der Waals surface area contributed by atoms with Crippen LogP contribution in [0.25, 0.3) is 0 Å². The molecular formula is C16H22N2O2. The third-order valence-corrected chi connectivity index (χ3v) is 3.98. The van der Waals surface area contributed by atoms with Crippen LogP contribution in [0.15, 0.2) is 24.3 Å². The number of benzene rings is 1. The van der Waals surface area contributed by atoms with E-state index in [1.54, 1.807) is 12.1 Å². The lowest BCUT2D eigenvalue weighted by atomic mass is 10.2. The predicted octanol–water partition coefficient (Wildman–Crippen LogP) is 1.88. The van der Waals surface area contributed by atoms with Crippen LogP contribution in [0.2, 0.25) is 0 Å². The number of aromatic hydroxyl groups is 1. The summed E-state index contributed by atoms with van der Waals surface area (Å²) in [6, 6.07) is 7.57. The van der Waals surface area contributed by atoms with Crippen LogP contribution in [0.1, 0.15) is 31.2 Å². The Kier molecular flexibility index (Phi) is 3.92. The van der Waals surface area contributed by atoms with Crippen molar-refractivity contribution in [2.45, 2.75) is 38.3 Å². The third-order valence-electron chi connectivity index (χ3n) is 3.98. The highest BCUT2D eigenvalue weighted by atomic mass is 16.3. The summed E-state index contributed by atoms with van der Waals surface area (Å²) in [7, 11) is 0. The zero-order valence-corrected chi connectivity index (χ0v) is 11.7. The van der Waals surface area contributed by atoms with Crippen molar-refractivity contribution in [3.63, 3.8) is 0 Å². The molecule has 2 saturated carbocycles. The average Bonchev–Trinajstić information content (AvgIpc) is 3.28. The van der Waals surface area contributed by atoms with Crippen LogP contribution < -0.4 is 5.32 Å². The number of amides is 1. The van der Waals surface area contributed by atoms with Gasteiger partial charge >= 0.3 is 0 Å². The van der Waals surface area contributed by atoms with Crippen LogP contribution >= 0.6 is 0 Å². The standard InChI is InChI=1S/C16H22N2O2/c19-15-3-1-2-13(8-15)11-18(14-6-7-14)16(20)10-17-9-12-4-5-12/h1-3,8,12,14,17,19H,4-7,9-11H2. The molecule has 0 bridgehead atoms. The molecule has 0 aromatic heterocycles. The Labute approximate surface area is 119 Å². The highest BCUT2D eigenvalue weighted by molar-refractivity contribution is 5.79. The number of phenolic OH excluding ortho intramolecular Hbond substituents is 1. The van der Waals surface area contributed by atoms with Crippen molar-refractivity contribution in [3.8, 4) is 5.75 Å². The van der Waals surface area contributed by atoms with Crippen molar-refractivity contribution < 1.29 is 9.90 Å². The molecule has 108 valence electrons. The summed E-state index contributed by atoms with van der Waals surface area (Å²) in [6.45, 7) is 2.01. The summed E-state index contributed by atoms with van der Waals surface area (Å²) in [5, 5.41) is 12.8. The van der Waals surface area contributed by atoms with E-state index >= 15 is 0 Å². The van der Waals surface area contributed by atoms with Crippen molar-refractivity contribution in [1.29, 1.82) is 0 Å². The van der Waals surface area contributed by atoms with Crippen molar-refractivity contribution >= 4 is 5.91 Å². The molecule has 0 saturated heterocycles. The topological polar surface area (TPSA) is 52.6 Å². The molecular weight excluding hydrogens is 252 g/mol. The van der Waals surface area contributed by atoms with Gasteiger partial charge in [0.25, 0.3) is 0 Å². The molecule has 4 heteroatoms. The quantitative estimate of drug-likeness (QED) is 0.798. The molecule has 2 aliphatic rings. The van der Waals surface area contributed by atoms with E-state index in [9.17, 15) is 9.90 Å². The van der Waals surface area contributed by atoms with Crippen LogP contribution in [0.3, 0.4) is 0 Å². The second-order valence-corrected chi connectivity index (χ2v) is 6.00. The molecule has 0 heterocycles. The second kappa shape index (κ2) is 5.83. The Balaban J connectivity index is 1.55. The van der Waals surface area contributed by atoms with E-state index in [1.807, 2.05) is 17.0 Å². The van der Waals surface area contributed by atoms with Crippen LogP contribution in [0.5, 0.6) is 5.75 Å². The van der Waals surface area contributed by atoms with Gasteiger partial charge in [0.1, 0.15) is 5.75 Å². The summed E-state index contributed by atoms with van der Waals surface area (Å²) >= 11 is 0. The Morgan fingerprint density at radius 1 is 1.30 bits per heavy atom.